The van der Waals surface area contributed by atoms with Gasteiger partial charge in [-0.1, -0.05) is 51.9 Å². The van der Waals surface area contributed by atoms with E-state index in [1.165, 1.54) is 70.8 Å². The maximum atomic E-state index is 12.3. The van der Waals surface area contributed by atoms with Crippen molar-refractivity contribution in [1.82, 2.24) is 10.3 Å². The second-order valence-electron chi connectivity index (χ2n) is 7.88. The summed E-state index contributed by atoms with van der Waals surface area (Å²) in [5.74, 6) is -1.48. The predicted molar refractivity (Wildman–Crippen MR) is 123 cm³/mol. The van der Waals surface area contributed by atoms with E-state index in [2.05, 4.69) is 33.2 Å². The number of ether oxygens (including phenoxy) is 1. The van der Waals surface area contributed by atoms with Crippen LogP contribution in [0.1, 0.15) is 87.2 Å². The molecule has 1 saturated heterocycles. The van der Waals surface area contributed by atoms with Gasteiger partial charge in [-0.25, -0.2) is 9.78 Å². The maximum Gasteiger partial charge on any atom is 0.419 e. The van der Waals surface area contributed by atoms with Gasteiger partial charge in [0.1, 0.15) is 4.60 Å². The van der Waals surface area contributed by atoms with Crippen LogP contribution in [0.2, 0.25) is 0 Å². The van der Waals surface area contributed by atoms with Gasteiger partial charge < -0.3 is 20.9 Å². The number of hydrogen-bond acceptors (Lipinski definition) is 5. The zero-order chi connectivity index (χ0) is 24.0. The molecular formula is C22H35BrF3N3O3. The molecule has 1 aromatic rings. The predicted octanol–water partition coefficient (Wildman–Crippen LogP) is 6.04. The zero-order valence-corrected chi connectivity index (χ0v) is 20.2. The molecule has 0 aliphatic carbocycles. The second kappa shape index (κ2) is 15.4. The molecule has 32 heavy (non-hydrogen) atoms. The molecule has 4 N–H and O–H groups in total. The lowest BCUT2D eigenvalue weighted by atomic mass is 10.1. The van der Waals surface area contributed by atoms with Crippen molar-refractivity contribution in [3.8, 4) is 0 Å². The van der Waals surface area contributed by atoms with Gasteiger partial charge in [0.25, 0.3) is 0 Å². The molecule has 0 unspecified atom stereocenters. The Bertz CT molecular complexity index is 684. The van der Waals surface area contributed by atoms with E-state index in [4.69, 9.17) is 15.6 Å². The number of alkyl halides is 3. The average Bonchev–Trinajstić information content (AvgIpc) is 3.24. The number of halogens is 4. The van der Waals surface area contributed by atoms with Gasteiger partial charge in [0.05, 0.1) is 17.4 Å². The molecule has 0 spiro atoms. The summed E-state index contributed by atoms with van der Waals surface area (Å²) in [6, 6.07) is 0.528. The summed E-state index contributed by atoms with van der Waals surface area (Å²) in [4.78, 5) is 13.7. The number of aromatic nitrogens is 1. The molecule has 0 amide bonds. The van der Waals surface area contributed by atoms with E-state index in [1.807, 2.05) is 0 Å². The maximum absolute atomic E-state index is 12.3. The molecule has 1 aliphatic heterocycles. The van der Waals surface area contributed by atoms with Gasteiger partial charge in [0.2, 0.25) is 0 Å². The van der Waals surface area contributed by atoms with Gasteiger partial charge in [-0.3, -0.25) is 0 Å². The monoisotopic (exact) mass is 525 g/mol. The summed E-state index contributed by atoms with van der Waals surface area (Å²) in [5, 5.41) is 12.1. The fraction of sp³-hybridized carbons (Fsp3) is 0.727. The summed E-state index contributed by atoms with van der Waals surface area (Å²) in [6.07, 6.45) is 9.62. The normalized spacial score (nSPS) is 16.0. The molecule has 10 heteroatoms. The lowest BCUT2D eigenvalue weighted by Crippen LogP contribution is -2.26. The second-order valence-corrected chi connectivity index (χ2v) is 8.63. The first-order valence-corrected chi connectivity index (χ1v) is 12.0. The Kier molecular flexibility index (Phi) is 13.8. The van der Waals surface area contributed by atoms with Crippen molar-refractivity contribution in [3.05, 3.63) is 21.9 Å². The number of nitrogens with zero attached hydrogens (tertiary/aromatic N) is 1. The first kappa shape index (κ1) is 28.6. The molecule has 1 atom stereocenters. The van der Waals surface area contributed by atoms with Crippen LogP contribution in [0.15, 0.2) is 10.7 Å². The number of carbonyl (C=O) groups is 1. The quantitative estimate of drug-likeness (QED) is 0.227. The van der Waals surface area contributed by atoms with Gasteiger partial charge >= 0.3 is 12.1 Å². The molecule has 0 saturated carbocycles. The minimum atomic E-state index is -4.63. The van der Waals surface area contributed by atoms with Gasteiger partial charge in [-0.2, -0.15) is 13.2 Å². The highest BCUT2D eigenvalue weighted by Crippen LogP contribution is 2.35. The van der Waals surface area contributed by atoms with Gasteiger partial charge in [0, 0.05) is 13.2 Å². The summed E-state index contributed by atoms with van der Waals surface area (Å²) in [7, 11) is 0. The Morgan fingerprint density at radius 2 is 1.88 bits per heavy atom. The van der Waals surface area contributed by atoms with Gasteiger partial charge in [0.15, 0.2) is 5.69 Å². The topological polar surface area (TPSA) is 97.5 Å². The number of nitrogens with one attached hydrogen (secondary N) is 1. The van der Waals surface area contributed by atoms with Crippen LogP contribution in [0, 0.1) is 0 Å². The Balaban J connectivity index is 0.000000323. The zero-order valence-electron chi connectivity index (χ0n) is 18.6. The number of anilines is 1. The number of carboxylic acid groups (broad SMARTS) is 1. The van der Waals surface area contributed by atoms with Crippen molar-refractivity contribution >= 4 is 27.6 Å². The van der Waals surface area contributed by atoms with Crippen LogP contribution in [0.3, 0.4) is 0 Å². The SMILES string of the molecule is CCCCCCCCCCNC[C@@H]1CCCO1.Nc1cc(C(F)(F)F)c(Br)nc1C(=O)O. The van der Waals surface area contributed by atoms with Crippen LogP contribution < -0.4 is 11.1 Å². The number of rotatable bonds is 12. The molecule has 0 aromatic carbocycles. The lowest BCUT2D eigenvalue weighted by Gasteiger charge is -2.10. The molecule has 6 nitrogen and oxygen atoms in total. The third kappa shape index (κ3) is 11.5. The van der Waals surface area contributed by atoms with E-state index in [9.17, 15) is 18.0 Å². The highest BCUT2D eigenvalue weighted by Gasteiger charge is 2.35. The number of nitrogen functional groups attached to an aromatic ring is 1. The molecule has 2 rings (SSSR count). The number of aromatic carboxylic acids is 1. The summed E-state index contributed by atoms with van der Waals surface area (Å²) in [5.41, 5.74) is 2.87. The van der Waals surface area contributed by atoms with E-state index < -0.39 is 33.7 Å². The Morgan fingerprint density at radius 3 is 2.41 bits per heavy atom. The van der Waals surface area contributed by atoms with Crippen molar-refractivity contribution in [1.29, 1.82) is 0 Å². The smallest absolute Gasteiger partial charge is 0.419 e. The van der Waals surface area contributed by atoms with E-state index >= 15 is 0 Å². The molecule has 0 bridgehead atoms. The Labute approximate surface area is 196 Å². The lowest BCUT2D eigenvalue weighted by molar-refractivity contribution is -0.138. The highest BCUT2D eigenvalue weighted by molar-refractivity contribution is 9.10. The van der Waals surface area contributed by atoms with E-state index in [1.54, 1.807) is 0 Å². The van der Waals surface area contributed by atoms with Gasteiger partial charge in [-0.05, 0) is 47.8 Å². The first-order valence-electron chi connectivity index (χ1n) is 11.3. The summed E-state index contributed by atoms with van der Waals surface area (Å²) < 4.78 is 41.8. The molecule has 184 valence electrons. The number of nitrogens with two attached hydrogens (primary N) is 1. The van der Waals surface area contributed by atoms with Crippen LogP contribution >= 0.6 is 15.9 Å². The van der Waals surface area contributed by atoms with Crippen molar-refractivity contribution in [2.24, 2.45) is 0 Å². The van der Waals surface area contributed by atoms with Crippen molar-refractivity contribution < 1.29 is 27.8 Å². The first-order chi connectivity index (χ1) is 15.2. The van der Waals surface area contributed by atoms with Crippen molar-refractivity contribution in [2.75, 3.05) is 25.4 Å². The van der Waals surface area contributed by atoms with E-state index in [-0.39, 0.29) is 0 Å². The fourth-order valence-corrected chi connectivity index (χ4v) is 3.85. The van der Waals surface area contributed by atoms with Gasteiger partial charge in [-0.15, -0.1) is 0 Å². The standard InChI is InChI=1S/C15H31NO.C7H4BrF3N2O2/c1-2-3-4-5-6-7-8-9-12-16-14-15-11-10-13-17-15;8-5-2(7(9,10)11)1-3(12)4(13-5)6(14)15/h15-16H,2-14H2,1H3;1H,12H2,(H,14,15)/t15-;/m0./s1. The molecule has 2 heterocycles. The molecule has 0 radical (unpaired) electrons. The number of pyridine rings is 1. The third-order valence-electron chi connectivity index (χ3n) is 5.12. The largest absolute Gasteiger partial charge is 0.476 e. The number of unbranched alkanes of at least 4 members (excludes halogenated alkanes) is 7. The minimum absolute atomic E-state index is 0.504. The average molecular weight is 526 g/mol. The third-order valence-corrected chi connectivity index (χ3v) is 5.72. The van der Waals surface area contributed by atoms with Crippen LogP contribution in [-0.4, -0.2) is 41.9 Å². The van der Waals surface area contributed by atoms with Crippen molar-refractivity contribution in [3.63, 3.8) is 0 Å². The van der Waals surface area contributed by atoms with E-state index in [0.717, 1.165) is 13.2 Å². The van der Waals surface area contributed by atoms with Crippen molar-refractivity contribution in [2.45, 2.75) is 83.4 Å². The molecular weight excluding hydrogens is 491 g/mol. The molecule has 1 fully saturated rings. The molecule has 1 aromatic heterocycles. The number of carboxylic acids is 1. The van der Waals surface area contributed by atoms with Crippen LogP contribution in [0.4, 0.5) is 18.9 Å². The Hall–Kier alpha value is -1.39. The van der Waals surface area contributed by atoms with Crippen LogP contribution in [0.5, 0.6) is 0 Å². The van der Waals surface area contributed by atoms with E-state index in [0.29, 0.717) is 12.2 Å². The van der Waals surface area contributed by atoms with Crippen LogP contribution in [-0.2, 0) is 10.9 Å². The summed E-state index contributed by atoms with van der Waals surface area (Å²) in [6.45, 7) is 5.50. The summed E-state index contributed by atoms with van der Waals surface area (Å²) >= 11 is 2.54. The highest BCUT2D eigenvalue weighted by atomic mass is 79.9. The fourth-order valence-electron chi connectivity index (χ4n) is 3.33. The Morgan fingerprint density at radius 1 is 1.25 bits per heavy atom. The number of hydrogen-bond donors (Lipinski definition) is 3. The van der Waals surface area contributed by atoms with Crippen LogP contribution in [0.25, 0.3) is 0 Å². The minimum Gasteiger partial charge on any atom is -0.476 e. The molecule has 1 aliphatic rings.